The van der Waals surface area contributed by atoms with Crippen LogP contribution in [0.25, 0.3) is 22.2 Å². The SMILES string of the molecule is COc1[c]ccc(-c2cc3ccccc3[nH]2)c1. The first-order chi connectivity index (χ1) is 8.36. The van der Waals surface area contributed by atoms with Gasteiger partial charge in [-0.2, -0.15) is 0 Å². The highest BCUT2D eigenvalue weighted by atomic mass is 16.5. The maximum Gasteiger partial charge on any atom is 0.127 e. The van der Waals surface area contributed by atoms with Crippen molar-refractivity contribution in [1.82, 2.24) is 4.98 Å². The van der Waals surface area contributed by atoms with E-state index in [4.69, 9.17) is 4.74 Å². The van der Waals surface area contributed by atoms with Crippen LogP contribution in [0.4, 0.5) is 0 Å². The Hall–Kier alpha value is -2.22. The van der Waals surface area contributed by atoms with Gasteiger partial charge in [-0.1, -0.05) is 24.3 Å². The van der Waals surface area contributed by atoms with Crippen molar-refractivity contribution in [3.05, 3.63) is 54.6 Å². The van der Waals surface area contributed by atoms with E-state index < -0.39 is 0 Å². The summed E-state index contributed by atoms with van der Waals surface area (Å²) < 4.78 is 5.18. The van der Waals surface area contributed by atoms with E-state index in [1.807, 2.05) is 30.3 Å². The summed E-state index contributed by atoms with van der Waals surface area (Å²) in [6.45, 7) is 0. The van der Waals surface area contributed by atoms with Crippen molar-refractivity contribution in [2.45, 2.75) is 0 Å². The van der Waals surface area contributed by atoms with Crippen molar-refractivity contribution in [1.29, 1.82) is 0 Å². The summed E-state index contributed by atoms with van der Waals surface area (Å²) in [5.41, 5.74) is 3.35. The molecule has 0 bridgehead atoms. The summed E-state index contributed by atoms with van der Waals surface area (Å²) in [6, 6.07) is 19.3. The van der Waals surface area contributed by atoms with E-state index >= 15 is 0 Å². The Bertz CT molecular complexity index is 622. The monoisotopic (exact) mass is 222 g/mol. The molecule has 2 nitrogen and oxygen atoms in total. The lowest BCUT2D eigenvalue weighted by Gasteiger charge is -2.01. The summed E-state index contributed by atoms with van der Waals surface area (Å²) >= 11 is 0. The Balaban J connectivity index is 2.13. The quantitative estimate of drug-likeness (QED) is 0.703. The van der Waals surface area contributed by atoms with E-state index in [1.54, 1.807) is 7.11 Å². The van der Waals surface area contributed by atoms with Gasteiger partial charge in [0.25, 0.3) is 0 Å². The number of hydrogen-bond donors (Lipinski definition) is 1. The number of nitrogens with one attached hydrogen (secondary N) is 1. The fourth-order valence-corrected chi connectivity index (χ4v) is 1.96. The van der Waals surface area contributed by atoms with Gasteiger partial charge in [-0.3, -0.25) is 0 Å². The fourth-order valence-electron chi connectivity index (χ4n) is 1.96. The van der Waals surface area contributed by atoms with Crippen molar-refractivity contribution in [3.63, 3.8) is 0 Å². The number of methoxy groups -OCH3 is 1. The molecule has 0 spiro atoms. The van der Waals surface area contributed by atoms with Crippen molar-refractivity contribution in [2.24, 2.45) is 0 Å². The van der Waals surface area contributed by atoms with Crippen LogP contribution in [0.2, 0.25) is 0 Å². The smallest absolute Gasteiger partial charge is 0.127 e. The summed E-state index contributed by atoms with van der Waals surface area (Å²) in [5, 5.41) is 1.22. The second kappa shape index (κ2) is 3.98. The van der Waals surface area contributed by atoms with Crippen LogP contribution in [0.15, 0.2) is 48.5 Å². The van der Waals surface area contributed by atoms with Crippen molar-refractivity contribution in [3.8, 4) is 17.0 Å². The maximum atomic E-state index is 5.18. The third-order valence-electron chi connectivity index (χ3n) is 2.84. The average Bonchev–Trinajstić information content (AvgIpc) is 2.82. The molecule has 0 saturated heterocycles. The van der Waals surface area contributed by atoms with Gasteiger partial charge in [-0.25, -0.2) is 0 Å². The van der Waals surface area contributed by atoms with Crippen LogP contribution in [-0.4, -0.2) is 12.1 Å². The highest BCUT2D eigenvalue weighted by Crippen LogP contribution is 2.26. The molecule has 0 aliphatic rings. The Morgan fingerprint density at radius 3 is 2.82 bits per heavy atom. The molecule has 0 saturated carbocycles. The molecule has 1 N–H and O–H groups in total. The normalized spacial score (nSPS) is 10.6. The second-order valence-corrected chi connectivity index (χ2v) is 3.92. The van der Waals surface area contributed by atoms with Gasteiger partial charge in [-0.05, 0) is 24.3 Å². The number of fused-ring (bicyclic) bond motifs is 1. The lowest BCUT2D eigenvalue weighted by molar-refractivity contribution is 0.414. The van der Waals surface area contributed by atoms with Crippen LogP contribution >= 0.6 is 0 Å². The van der Waals surface area contributed by atoms with Crippen LogP contribution in [-0.2, 0) is 0 Å². The first-order valence-electron chi connectivity index (χ1n) is 5.51. The molecule has 2 aromatic carbocycles. The van der Waals surface area contributed by atoms with Crippen molar-refractivity contribution in [2.75, 3.05) is 7.11 Å². The Morgan fingerprint density at radius 2 is 2.00 bits per heavy atom. The van der Waals surface area contributed by atoms with Gasteiger partial charge in [0.15, 0.2) is 0 Å². The highest BCUT2D eigenvalue weighted by molar-refractivity contribution is 5.85. The third kappa shape index (κ3) is 1.78. The molecule has 3 aromatic rings. The van der Waals surface area contributed by atoms with E-state index in [0.29, 0.717) is 0 Å². The molecular formula is C15H12NO. The molecular weight excluding hydrogens is 210 g/mol. The number of H-pyrrole nitrogens is 1. The molecule has 0 aliphatic carbocycles. The van der Waals surface area contributed by atoms with Crippen LogP contribution in [0.3, 0.4) is 0 Å². The lowest BCUT2D eigenvalue weighted by Crippen LogP contribution is -1.83. The van der Waals surface area contributed by atoms with E-state index in [-0.39, 0.29) is 0 Å². The molecule has 2 heteroatoms. The Labute approximate surface area is 99.9 Å². The number of aromatic nitrogens is 1. The van der Waals surface area contributed by atoms with Gasteiger partial charge in [0, 0.05) is 28.2 Å². The van der Waals surface area contributed by atoms with Gasteiger partial charge < -0.3 is 9.72 Å². The molecule has 1 aromatic heterocycles. The van der Waals surface area contributed by atoms with E-state index in [1.165, 1.54) is 5.39 Å². The van der Waals surface area contributed by atoms with E-state index in [0.717, 1.165) is 22.5 Å². The standard InChI is InChI=1S/C15H12NO/c1-17-13-7-4-6-11(9-13)15-10-12-5-2-3-8-14(12)16-15/h2-6,8-10,16H,1H3. The van der Waals surface area contributed by atoms with Crippen molar-refractivity contribution < 1.29 is 4.74 Å². The van der Waals surface area contributed by atoms with Crippen LogP contribution < -0.4 is 4.74 Å². The number of ether oxygens (including phenoxy) is 1. The zero-order chi connectivity index (χ0) is 11.7. The Kier molecular flexibility index (Phi) is 2.33. The summed E-state index contributed by atoms with van der Waals surface area (Å²) in [6.07, 6.45) is 0. The molecule has 17 heavy (non-hydrogen) atoms. The molecule has 1 radical (unpaired) electrons. The minimum Gasteiger partial charge on any atom is -0.496 e. The van der Waals surface area contributed by atoms with Gasteiger partial charge in [0.2, 0.25) is 0 Å². The zero-order valence-electron chi connectivity index (χ0n) is 9.53. The maximum absolute atomic E-state index is 5.18. The number of rotatable bonds is 2. The zero-order valence-corrected chi connectivity index (χ0v) is 9.53. The van der Waals surface area contributed by atoms with E-state index in [9.17, 15) is 0 Å². The lowest BCUT2D eigenvalue weighted by atomic mass is 10.1. The van der Waals surface area contributed by atoms with Crippen LogP contribution in [0, 0.1) is 6.07 Å². The molecule has 83 valence electrons. The molecule has 0 amide bonds. The number of aromatic amines is 1. The van der Waals surface area contributed by atoms with Gasteiger partial charge >= 0.3 is 0 Å². The third-order valence-corrected chi connectivity index (χ3v) is 2.84. The van der Waals surface area contributed by atoms with Gasteiger partial charge in [0.1, 0.15) is 5.75 Å². The molecule has 0 aliphatic heterocycles. The predicted molar refractivity (Wildman–Crippen MR) is 69.1 cm³/mol. The minimum atomic E-state index is 0.751. The average molecular weight is 222 g/mol. The molecule has 3 rings (SSSR count). The van der Waals surface area contributed by atoms with Crippen LogP contribution in [0.5, 0.6) is 5.75 Å². The van der Waals surface area contributed by atoms with Gasteiger partial charge in [-0.15, -0.1) is 0 Å². The number of benzene rings is 2. The van der Waals surface area contributed by atoms with E-state index in [2.05, 4.69) is 29.2 Å². The first-order valence-corrected chi connectivity index (χ1v) is 5.51. The topological polar surface area (TPSA) is 25.0 Å². The number of hydrogen-bond acceptors (Lipinski definition) is 1. The molecule has 0 unspecified atom stereocenters. The summed E-state index contributed by atoms with van der Waals surface area (Å²) in [7, 11) is 1.65. The van der Waals surface area contributed by atoms with Gasteiger partial charge in [0.05, 0.1) is 7.11 Å². The van der Waals surface area contributed by atoms with Crippen molar-refractivity contribution >= 4 is 10.9 Å². The highest BCUT2D eigenvalue weighted by Gasteiger charge is 2.03. The minimum absolute atomic E-state index is 0.751. The summed E-state index contributed by atoms with van der Waals surface area (Å²) in [5.74, 6) is 0.751. The molecule has 1 heterocycles. The van der Waals surface area contributed by atoms with Crippen LogP contribution in [0.1, 0.15) is 0 Å². The predicted octanol–water partition coefficient (Wildman–Crippen LogP) is 3.64. The number of para-hydroxylation sites is 1. The molecule has 0 atom stereocenters. The Morgan fingerprint density at radius 1 is 1.12 bits per heavy atom. The summed E-state index contributed by atoms with van der Waals surface area (Å²) in [4.78, 5) is 3.39. The second-order valence-electron chi connectivity index (χ2n) is 3.92. The largest absolute Gasteiger partial charge is 0.496 e. The first kappa shape index (κ1) is 9.97. The fraction of sp³-hybridized carbons (Fsp3) is 0.0667. The molecule has 0 fully saturated rings.